The minimum atomic E-state index is -0.331. The van der Waals surface area contributed by atoms with Crippen LogP contribution in [0.1, 0.15) is 15.9 Å². The average molecular weight is 440 g/mol. The highest BCUT2D eigenvalue weighted by Gasteiger charge is 2.08. The van der Waals surface area contributed by atoms with E-state index in [0.717, 1.165) is 3.57 Å². The monoisotopic (exact) mass is 440 g/mol. The van der Waals surface area contributed by atoms with Gasteiger partial charge in [-0.25, -0.2) is 5.43 Å². The third-order valence-electron chi connectivity index (χ3n) is 3.22. The molecule has 126 valence electrons. The molecule has 0 aliphatic heterocycles. The van der Waals surface area contributed by atoms with Crippen molar-refractivity contribution in [2.75, 3.05) is 21.3 Å². The molecule has 2 rings (SSSR count). The van der Waals surface area contributed by atoms with Crippen molar-refractivity contribution in [1.82, 2.24) is 5.43 Å². The summed E-state index contributed by atoms with van der Waals surface area (Å²) in [5.74, 6) is 1.61. The molecule has 0 saturated carbocycles. The van der Waals surface area contributed by atoms with Crippen LogP contribution in [-0.2, 0) is 0 Å². The molecule has 24 heavy (non-hydrogen) atoms. The molecule has 0 saturated heterocycles. The lowest BCUT2D eigenvalue weighted by Crippen LogP contribution is -2.17. The summed E-state index contributed by atoms with van der Waals surface area (Å²) in [5, 5.41) is 3.98. The third-order valence-corrected chi connectivity index (χ3v) is 4.11. The molecule has 0 heterocycles. The van der Waals surface area contributed by atoms with Gasteiger partial charge >= 0.3 is 0 Å². The summed E-state index contributed by atoms with van der Waals surface area (Å²) in [6, 6.07) is 10.5. The summed E-state index contributed by atoms with van der Waals surface area (Å²) in [6.07, 6.45) is 1.50. The van der Waals surface area contributed by atoms with Crippen molar-refractivity contribution in [3.05, 3.63) is 51.1 Å². The number of amides is 1. The molecule has 0 spiro atoms. The van der Waals surface area contributed by atoms with E-state index in [9.17, 15) is 4.79 Å². The van der Waals surface area contributed by atoms with Crippen molar-refractivity contribution in [2.45, 2.75) is 0 Å². The van der Waals surface area contributed by atoms with Gasteiger partial charge in [0, 0.05) is 11.1 Å². The maximum atomic E-state index is 12.2. The molecule has 0 fully saturated rings. The largest absolute Gasteiger partial charge is 0.497 e. The van der Waals surface area contributed by atoms with Crippen LogP contribution >= 0.6 is 22.6 Å². The van der Waals surface area contributed by atoms with Gasteiger partial charge in [0.2, 0.25) is 0 Å². The van der Waals surface area contributed by atoms with Gasteiger partial charge in [-0.05, 0) is 59.0 Å². The fourth-order valence-electron chi connectivity index (χ4n) is 1.97. The first kappa shape index (κ1) is 18.1. The smallest absolute Gasteiger partial charge is 0.271 e. The second kappa shape index (κ2) is 8.53. The van der Waals surface area contributed by atoms with E-state index in [2.05, 4.69) is 33.1 Å². The number of carbonyl (C=O) groups excluding carboxylic acids is 1. The van der Waals surface area contributed by atoms with Crippen molar-refractivity contribution in [3.63, 3.8) is 0 Å². The highest BCUT2D eigenvalue weighted by atomic mass is 127. The number of hydrogen-bond acceptors (Lipinski definition) is 5. The Morgan fingerprint density at radius 3 is 2.46 bits per heavy atom. The highest BCUT2D eigenvalue weighted by Crippen LogP contribution is 2.23. The lowest BCUT2D eigenvalue weighted by atomic mass is 10.2. The number of nitrogens with one attached hydrogen (secondary N) is 1. The van der Waals surface area contributed by atoms with Crippen LogP contribution in [0.15, 0.2) is 41.5 Å². The van der Waals surface area contributed by atoms with E-state index in [1.165, 1.54) is 6.21 Å². The molecule has 0 unspecified atom stereocenters. The molecule has 1 N–H and O–H groups in total. The first-order chi connectivity index (χ1) is 11.6. The summed E-state index contributed by atoms with van der Waals surface area (Å²) >= 11 is 2.14. The Balaban J connectivity index is 2.12. The average Bonchev–Trinajstić information content (AvgIpc) is 2.61. The van der Waals surface area contributed by atoms with Crippen molar-refractivity contribution in [1.29, 1.82) is 0 Å². The van der Waals surface area contributed by atoms with Crippen LogP contribution in [0.3, 0.4) is 0 Å². The maximum absolute atomic E-state index is 12.2. The Hall–Kier alpha value is -2.29. The fraction of sp³-hybridized carbons (Fsp3) is 0.176. The first-order valence-electron chi connectivity index (χ1n) is 6.98. The number of hydrogen-bond donors (Lipinski definition) is 1. The molecule has 6 nitrogen and oxygen atoms in total. The van der Waals surface area contributed by atoms with Gasteiger partial charge in [0.1, 0.15) is 17.2 Å². The molecule has 2 aromatic rings. The number of nitrogens with zero attached hydrogens (tertiary/aromatic N) is 1. The first-order valence-corrected chi connectivity index (χ1v) is 8.06. The zero-order valence-corrected chi connectivity index (χ0v) is 15.7. The quantitative estimate of drug-likeness (QED) is 0.426. The molecule has 0 bridgehead atoms. The van der Waals surface area contributed by atoms with Crippen LogP contribution in [0, 0.1) is 3.57 Å². The highest BCUT2D eigenvalue weighted by molar-refractivity contribution is 14.1. The zero-order chi connectivity index (χ0) is 17.5. The molecular formula is C17H17IN2O4. The van der Waals surface area contributed by atoms with Gasteiger partial charge in [0.25, 0.3) is 5.91 Å². The predicted octanol–water partition coefficient (Wildman–Crippen LogP) is 3.08. The molecule has 1 amide bonds. The van der Waals surface area contributed by atoms with Crippen LogP contribution in [0.25, 0.3) is 0 Å². The number of halogens is 1. The minimum absolute atomic E-state index is 0.331. The summed E-state index contributed by atoms with van der Waals surface area (Å²) in [5.41, 5.74) is 3.64. The molecule has 0 aliphatic carbocycles. The van der Waals surface area contributed by atoms with Crippen molar-refractivity contribution < 1.29 is 19.0 Å². The minimum Gasteiger partial charge on any atom is -0.497 e. The second-order valence-electron chi connectivity index (χ2n) is 4.66. The van der Waals surface area contributed by atoms with E-state index in [4.69, 9.17) is 14.2 Å². The van der Waals surface area contributed by atoms with E-state index in [1.54, 1.807) is 51.7 Å². The topological polar surface area (TPSA) is 69.2 Å². The predicted molar refractivity (Wildman–Crippen MR) is 100 cm³/mol. The summed E-state index contributed by atoms with van der Waals surface area (Å²) in [4.78, 5) is 12.2. The van der Waals surface area contributed by atoms with Gasteiger partial charge in [-0.3, -0.25) is 4.79 Å². The normalized spacial score (nSPS) is 10.5. The number of hydrazone groups is 1. The number of rotatable bonds is 6. The second-order valence-corrected chi connectivity index (χ2v) is 5.82. The maximum Gasteiger partial charge on any atom is 0.271 e. The van der Waals surface area contributed by atoms with Crippen LogP contribution in [0.4, 0.5) is 0 Å². The van der Waals surface area contributed by atoms with E-state index < -0.39 is 0 Å². The number of benzene rings is 2. The van der Waals surface area contributed by atoms with Crippen LogP contribution < -0.4 is 19.6 Å². The van der Waals surface area contributed by atoms with Crippen molar-refractivity contribution in [2.24, 2.45) is 5.10 Å². The Kier molecular flexibility index (Phi) is 6.42. The van der Waals surface area contributed by atoms with E-state index in [-0.39, 0.29) is 5.91 Å². The SMILES string of the molecule is COc1ccc(OC)c(/C=N\NC(=O)c2ccc(I)c(OC)c2)c1. The lowest BCUT2D eigenvalue weighted by Gasteiger charge is -2.07. The molecule has 0 atom stereocenters. The Labute approximate surface area is 153 Å². The number of carbonyl (C=O) groups is 1. The lowest BCUT2D eigenvalue weighted by molar-refractivity contribution is 0.0954. The van der Waals surface area contributed by atoms with Crippen LogP contribution in [0.2, 0.25) is 0 Å². The number of ether oxygens (including phenoxy) is 3. The molecule has 0 aromatic heterocycles. The van der Waals surface area contributed by atoms with Gasteiger partial charge in [0.15, 0.2) is 0 Å². The van der Waals surface area contributed by atoms with Gasteiger partial charge in [-0.2, -0.15) is 5.10 Å². The summed E-state index contributed by atoms with van der Waals surface area (Å²) in [7, 11) is 4.71. The summed E-state index contributed by atoms with van der Waals surface area (Å²) < 4.78 is 16.6. The number of methoxy groups -OCH3 is 3. The Morgan fingerprint density at radius 2 is 1.79 bits per heavy atom. The molecular weight excluding hydrogens is 423 g/mol. The zero-order valence-electron chi connectivity index (χ0n) is 13.5. The van der Waals surface area contributed by atoms with Gasteiger partial charge < -0.3 is 14.2 Å². The third kappa shape index (κ3) is 4.38. The van der Waals surface area contributed by atoms with Gasteiger partial charge in [-0.1, -0.05) is 0 Å². The Bertz CT molecular complexity index is 762. The molecule has 2 aromatic carbocycles. The van der Waals surface area contributed by atoms with Crippen molar-refractivity contribution in [3.8, 4) is 17.2 Å². The fourth-order valence-corrected chi connectivity index (χ4v) is 2.52. The summed E-state index contributed by atoms with van der Waals surface area (Å²) in [6.45, 7) is 0. The van der Waals surface area contributed by atoms with E-state index >= 15 is 0 Å². The van der Waals surface area contributed by atoms with Crippen LogP contribution in [-0.4, -0.2) is 33.5 Å². The van der Waals surface area contributed by atoms with Crippen LogP contribution in [0.5, 0.6) is 17.2 Å². The van der Waals surface area contributed by atoms with E-state index in [0.29, 0.717) is 28.4 Å². The Morgan fingerprint density at radius 1 is 1.04 bits per heavy atom. The van der Waals surface area contributed by atoms with Gasteiger partial charge in [0.05, 0.1) is 31.1 Å². The molecule has 7 heteroatoms. The van der Waals surface area contributed by atoms with Crippen molar-refractivity contribution >= 4 is 34.7 Å². The molecule has 0 aliphatic rings. The molecule has 0 radical (unpaired) electrons. The van der Waals surface area contributed by atoms with E-state index in [1.807, 2.05) is 6.07 Å². The van der Waals surface area contributed by atoms with Gasteiger partial charge in [-0.15, -0.1) is 0 Å². The standard InChI is InChI=1S/C17H17IN2O4/c1-22-13-5-7-15(23-2)12(8-13)10-19-20-17(21)11-4-6-14(18)16(9-11)24-3/h4-10H,1-3H3,(H,20,21)/b19-10-.